The van der Waals surface area contributed by atoms with Crippen molar-refractivity contribution < 1.29 is 5.11 Å². The molecule has 0 fully saturated rings. The van der Waals surface area contributed by atoms with Gasteiger partial charge in [0, 0.05) is 10.6 Å². The van der Waals surface area contributed by atoms with Crippen molar-refractivity contribution in [2.24, 2.45) is 0 Å². The molecule has 0 aliphatic heterocycles. The van der Waals surface area contributed by atoms with Crippen LogP contribution < -0.4 is 0 Å². The fourth-order valence-corrected chi connectivity index (χ4v) is 2.91. The van der Waals surface area contributed by atoms with Crippen LogP contribution in [0.5, 0.6) is 0 Å². The number of hydrogen-bond donors (Lipinski definition) is 1. The molecule has 0 radical (unpaired) electrons. The first-order valence-corrected chi connectivity index (χ1v) is 6.21. The Morgan fingerprint density at radius 1 is 1.47 bits per heavy atom. The average Bonchev–Trinajstić information content (AvgIpc) is 2.59. The lowest BCUT2D eigenvalue weighted by atomic mass is 10.1. The summed E-state index contributed by atoms with van der Waals surface area (Å²) in [4.78, 5) is 5.15. The second-order valence-electron chi connectivity index (χ2n) is 2.91. The summed E-state index contributed by atoms with van der Waals surface area (Å²) in [6.45, 7) is -0.00882. The Labute approximate surface area is 105 Å². The second-order valence-corrected chi connectivity index (χ2v) is 5.70. The minimum absolute atomic E-state index is 0.00882. The van der Waals surface area contributed by atoms with Gasteiger partial charge in [-0.3, -0.25) is 0 Å². The van der Waals surface area contributed by atoms with Gasteiger partial charge in [-0.25, -0.2) is 4.98 Å². The predicted molar refractivity (Wildman–Crippen MR) is 66.2 cm³/mol. The molecule has 0 unspecified atom stereocenters. The highest BCUT2D eigenvalue weighted by Crippen LogP contribution is 2.32. The highest BCUT2D eigenvalue weighted by molar-refractivity contribution is 9.11. The van der Waals surface area contributed by atoms with Crippen molar-refractivity contribution in [2.45, 2.75) is 6.61 Å². The van der Waals surface area contributed by atoms with Crippen molar-refractivity contribution in [3.63, 3.8) is 0 Å². The van der Waals surface area contributed by atoms with E-state index in [-0.39, 0.29) is 6.61 Å². The summed E-state index contributed by atoms with van der Waals surface area (Å²) in [6.07, 6.45) is 0. The molecule has 0 spiro atoms. The van der Waals surface area contributed by atoms with Crippen LogP contribution in [0.2, 0.25) is 5.02 Å². The number of thiazole rings is 1. The smallest absolute Gasteiger partial charge is 0.160 e. The number of nitrogens with zero attached hydrogens (tertiary/aromatic N) is 1. The first kappa shape index (κ1) is 11.1. The van der Waals surface area contributed by atoms with E-state index in [0.29, 0.717) is 5.02 Å². The van der Waals surface area contributed by atoms with Crippen molar-refractivity contribution in [1.29, 1.82) is 0 Å². The number of aromatic nitrogens is 1. The standard InChI is InChI=1S/C10H7BrClNOS/c11-10-13-9(8(5-14)15-10)6-2-1-3-7(12)4-6/h1-4,14H,5H2. The number of benzene rings is 1. The van der Waals surface area contributed by atoms with Gasteiger partial charge in [-0.15, -0.1) is 11.3 Å². The summed E-state index contributed by atoms with van der Waals surface area (Å²) in [5, 5.41) is 9.85. The molecule has 1 N–H and O–H groups in total. The maximum absolute atomic E-state index is 9.18. The molecule has 0 aliphatic rings. The maximum atomic E-state index is 9.18. The van der Waals surface area contributed by atoms with E-state index in [1.165, 1.54) is 11.3 Å². The Balaban J connectivity index is 2.53. The summed E-state index contributed by atoms with van der Waals surface area (Å²) < 4.78 is 0.765. The molecule has 1 aromatic carbocycles. The zero-order chi connectivity index (χ0) is 10.8. The summed E-state index contributed by atoms with van der Waals surface area (Å²) in [7, 11) is 0. The molecule has 0 amide bonds. The van der Waals surface area contributed by atoms with Crippen LogP contribution in [0.15, 0.2) is 28.2 Å². The molecule has 15 heavy (non-hydrogen) atoms. The molecule has 0 atom stereocenters. The van der Waals surface area contributed by atoms with Crippen LogP contribution in [0.3, 0.4) is 0 Å². The molecule has 2 aromatic rings. The molecule has 1 aromatic heterocycles. The average molecular weight is 305 g/mol. The van der Waals surface area contributed by atoms with Gasteiger partial charge >= 0.3 is 0 Å². The Hall–Kier alpha value is -0.420. The zero-order valence-corrected chi connectivity index (χ0v) is 10.7. The SMILES string of the molecule is OCc1sc(Br)nc1-c1cccc(Cl)c1. The van der Waals surface area contributed by atoms with E-state index in [0.717, 1.165) is 20.1 Å². The van der Waals surface area contributed by atoms with Crippen LogP contribution in [0, 0.1) is 0 Å². The van der Waals surface area contributed by atoms with Gasteiger partial charge in [0.1, 0.15) is 0 Å². The summed E-state index contributed by atoms with van der Waals surface area (Å²) in [5.74, 6) is 0. The van der Waals surface area contributed by atoms with E-state index in [9.17, 15) is 5.11 Å². The van der Waals surface area contributed by atoms with E-state index >= 15 is 0 Å². The van der Waals surface area contributed by atoms with Crippen LogP contribution in [0.25, 0.3) is 11.3 Å². The zero-order valence-electron chi connectivity index (χ0n) is 7.58. The fraction of sp³-hybridized carbons (Fsp3) is 0.100. The first-order chi connectivity index (χ1) is 7.20. The second kappa shape index (κ2) is 4.61. The van der Waals surface area contributed by atoms with E-state index in [1.807, 2.05) is 24.3 Å². The van der Waals surface area contributed by atoms with Gasteiger partial charge in [0.05, 0.1) is 17.2 Å². The normalized spacial score (nSPS) is 10.6. The minimum atomic E-state index is -0.00882. The Kier molecular flexibility index (Phi) is 3.41. The molecule has 0 saturated heterocycles. The van der Waals surface area contributed by atoms with Crippen molar-refractivity contribution >= 4 is 38.9 Å². The molecule has 5 heteroatoms. The molecule has 0 aliphatic carbocycles. The lowest BCUT2D eigenvalue weighted by Crippen LogP contribution is -1.84. The van der Waals surface area contributed by atoms with Crippen molar-refractivity contribution in [3.05, 3.63) is 38.1 Å². The number of halogens is 2. The van der Waals surface area contributed by atoms with Gasteiger partial charge < -0.3 is 5.11 Å². The van der Waals surface area contributed by atoms with Crippen molar-refractivity contribution in [2.75, 3.05) is 0 Å². The third kappa shape index (κ3) is 2.39. The molecule has 0 bridgehead atoms. The third-order valence-corrected chi connectivity index (χ3v) is 3.64. The van der Waals surface area contributed by atoms with Crippen molar-refractivity contribution in [3.8, 4) is 11.3 Å². The van der Waals surface area contributed by atoms with E-state index < -0.39 is 0 Å². The predicted octanol–water partition coefficient (Wildman–Crippen LogP) is 3.72. The van der Waals surface area contributed by atoms with Crippen LogP contribution in [0.4, 0.5) is 0 Å². The highest BCUT2D eigenvalue weighted by atomic mass is 79.9. The minimum Gasteiger partial charge on any atom is -0.391 e. The van der Waals surface area contributed by atoms with Gasteiger partial charge in [0.25, 0.3) is 0 Å². The topological polar surface area (TPSA) is 33.1 Å². The van der Waals surface area contributed by atoms with Crippen LogP contribution in [0.1, 0.15) is 4.88 Å². The number of rotatable bonds is 2. The first-order valence-electron chi connectivity index (χ1n) is 4.22. The molecule has 1 heterocycles. The van der Waals surface area contributed by atoms with Gasteiger partial charge in [0.2, 0.25) is 0 Å². The van der Waals surface area contributed by atoms with Gasteiger partial charge in [-0.1, -0.05) is 23.7 Å². The lowest BCUT2D eigenvalue weighted by Gasteiger charge is -1.99. The van der Waals surface area contributed by atoms with Crippen LogP contribution in [-0.4, -0.2) is 10.1 Å². The summed E-state index contributed by atoms with van der Waals surface area (Å²) >= 11 is 10.6. The Morgan fingerprint density at radius 2 is 2.27 bits per heavy atom. The molecule has 0 saturated carbocycles. The number of aliphatic hydroxyl groups is 1. The molecule has 78 valence electrons. The number of hydrogen-bond acceptors (Lipinski definition) is 3. The molecule has 2 nitrogen and oxygen atoms in total. The van der Waals surface area contributed by atoms with Crippen LogP contribution >= 0.6 is 38.9 Å². The highest BCUT2D eigenvalue weighted by Gasteiger charge is 2.10. The van der Waals surface area contributed by atoms with Gasteiger partial charge in [-0.05, 0) is 28.1 Å². The maximum Gasteiger partial charge on any atom is 0.160 e. The quantitative estimate of drug-likeness (QED) is 0.917. The largest absolute Gasteiger partial charge is 0.391 e. The number of aliphatic hydroxyl groups excluding tert-OH is 1. The Morgan fingerprint density at radius 3 is 2.93 bits per heavy atom. The molecular weight excluding hydrogens is 298 g/mol. The molecule has 2 rings (SSSR count). The van der Waals surface area contributed by atoms with Crippen LogP contribution in [-0.2, 0) is 6.61 Å². The van der Waals surface area contributed by atoms with E-state index in [2.05, 4.69) is 20.9 Å². The summed E-state index contributed by atoms with van der Waals surface area (Å²) in [6, 6.07) is 7.44. The monoisotopic (exact) mass is 303 g/mol. The van der Waals surface area contributed by atoms with Gasteiger partial charge in [0.15, 0.2) is 3.92 Å². The van der Waals surface area contributed by atoms with E-state index in [4.69, 9.17) is 11.6 Å². The fourth-order valence-electron chi connectivity index (χ4n) is 1.29. The van der Waals surface area contributed by atoms with E-state index in [1.54, 1.807) is 0 Å². The third-order valence-electron chi connectivity index (χ3n) is 1.91. The van der Waals surface area contributed by atoms with Gasteiger partial charge in [-0.2, -0.15) is 0 Å². The Bertz CT molecular complexity index is 486. The lowest BCUT2D eigenvalue weighted by molar-refractivity contribution is 0.286. The van der Waals surface area contributed by atoms with Crippen molar-refractivity contribution in [1.82, 2.24) is 4.98 Å². The summed E-state index contributed by atoms with van der Waals surface area (Å²) in [5.41, 5.74) is 1.71. The molecular formula is C10H7BrClNOS.